The van der Waals surface area contributed by atoms with Crippen LogP contribution < -0.4 is 5.32 Å². The van der Waals surface area contributed by atoms with Gasteiger partial charge in [0.2, 0.25) is 5.91 Å². The third-order valence-corrected chi connectivity index (χ3v) is 5.67. The lowest BCUT2D eigenvalue weighted by molar-refractivity contribution is -0.121. The predicted molar refractivity (Wildman–Crippen MR) is 122 cm³/mol. The van der Waals surface area contributed by atoms with Crippen LogP contribution in [0.15, 0.2) is 42.5 Å². The van der Waals surface area contributed by atoms with E-state index in [2.05, 4.69) is 61.6 Å². The molecule has 1 N–H and O–H groups in total. The van der Waals surface area contributed by atoms with Crippen molar-refractivity contribution in [2.24, 2.45) is 0 Å². The fourth-order valence-electron chi connectivity index (χ4n) is 3.97. The highest BCUT2D eigenvalue weighted by atomic mass is 16.1. The fourth-order valence-corrected chi connectivity index (χ4v) is 3.97. The van der Waals surface area contributed by atoms with Crippen LogP contribution in [0, 0.1) is 0 Å². The second-order valence-corrected chi connectivity index (χ2v) is 8.14. The van der Waals surface area contributed by atoms with E-state index in [-0.39, 0.29) is 11.9 Å². The van der Waals surface area contributed by atoms with E-state index >= 15 is 0 Å². The Morgan fingerprint density at radius 2 is 1.36 bits per heavy atom. The van der Waals surface area contributed by atoms with Gasteiger partial charge in [0.25, 0.3) is 0 Å². The topological polar surface area (TPSA) is 29.1 Å². The summed E-state index contributed by atoms with van der Waals surface area (Å²) in [6, 6.07) is 14.7. The highest BCUT2D eigenvalue weighted by Crippen LogP contribution is 2.24. The lowest BCUT2D eigenvalue weighted by atomic mass is 9.99. The molecule has 0 aliphatic carbocycles. The van der Waals surface area contributed by atoms with Gasteiger partial charge in [0.1, 0.15) is 0 Å². The van der Waals surface area contributed by atoms with Crippen LogP contribution in [0.2, 0.25) is 0 Å². The van der Waals surface area contributed by atoms with E-state index < -0.39 is 0 Å². The van der Waals surface area contributed by atoms with E-state index in [1.807, 2.05) is 0 Å². The Kier molecular flexibility index (Phi) is 10.7. The van der Waals surface area contributed by atoms with Crippen LogP contribution in [0.5, 0.6) is 0 Å². The highest BCUT2D eigenvalue weighted by molar-refractivity contribution is 5.86. The third kappa shape index (κ3) is 8.04. The van der Waals surface area contributed by atoms with Gasteiger partial charge in [-0.05, 0) is 29.7 Å². The second kappa shape index (κ2) is 13.4. The van der Waals surface area contributed by atoms with E-state index in [0.717, 1.165) is 6.42 Å². The first-order valence-corrected chi connectivity index (χ1v) is 11.5. The van der Waals surface area contributed by atoms with Crippen LogP contribution in [0.3, 0.4) is 0 Å². The van der Waals surface area contributed by atoms with Crippen molar-refractivity contribution >= 4 is 16.7 Å². The summed E-state index contributed by atoms with van der Waals surface area (Å²) in [7, 11) is 0. The van der Waals surface area contributed by atoms with Crippen LogP contribution in [0.4, 0.5) is 0 Å². The largest absolute Gasteiger partial charge is 0.350 e. The average molecular weight is 382 g/mol. The quantitative estimate of drug-likeness (QED) is 0.333. The van der Waals surface area contributed by atoms with Crippen LogP contribution in [0.1, 0.15) is 103 Å². The van der Waals surface area contributed by atoms with E-state index in [9.17, 15) is 4.79 Å². The van der Waals surface area contributed by atoms with Crippen molar-refractivity contribution < 1.29 is 4.79 Å². The molecule has 0 spiro atoms. The number of carbonyl (C=O) groups excluding carboxylic acids is 1. The maximum absolute atomic E-state index is 12.3. The van der Waals surface area contributed by atoms with Gasteiger partial charge < -0.3 is 5.32 Å². The number of fused-ring (bicyclic) bond motifs is 1. The highest BCUT2D eigenvalue weighted by Gasteiger charge is 2.11. The summed E-state index contributed by atoms with van der Waals surface area (Å²) in [5.74, 6) is 0.177. The van der Waals surface area contributed by atoms with Crippen molar-refractivity contribution in [3.05, 3.63) is 48.0 Å². The van der Waals surface area contributed by atoms with Crippen molar-refractivity contribution in [2.45, 2.75) is 96.9 Å². The number of hydrogen-bond donors (Lipinski definition) is 1. The van der Waals surface area contributed by atoms with E-state index in [1.54, 1.807) is 0 Å². The summed E-state index contributed by atoms with van der Waals surface area (Å²) in [6.45, 7) is 4.35. The molecule has 0 aliphatic heterocycles. The first-order valence-electron chi connectivity index (χ1n) is 11.5. The molecule has 2 aromatic rings. The molecular weight excluding hydrogens is 342 g/mol. The summed E-state index contributed by atoms with van der Waals surface area (Å²) < 4.78 is 0. The molecule has 1 atom stereocenters. The normalized spacial score (nSPS) is 12.2. The molecule has 2 heteroatoms. The zero-order chi connectivity index (χ0) is 20.0. The number of rotatable bonds is 14. The Balaban J connectivity index is 1.57. The summed E-state index contributed by atoms with van der Waals surface area (Å²) in [4.78, 5) is 12.3. The molecule has 1 amide bonds. The average Bonchev–Trinajstić information content (AvgIpc) is 2.71. The van der Waals surface area contributed by atoms with Gasteiger partial charge in [-0.25, -0.2) is 0 Å². The molecule has 0 bridgehead atoms. The minimum atomic E-state index is 0.0475. The zero-order valence-electron chi connectivity index (χ0n) is 18.0. The Morgan fingerprint density at radius 1 is 0.786 bits per heavy atom. The summed E-state index contributed by atoms with van der Waals surface area (Å²) in [6.07, 6.45) is 15.1. The first-order chi connectivity index (χ1) is 13.7. The van der Waals surface area contributed by atoms with Crippen molar-refractivity contribution in [1.82, 2.24) is 5.32 Å². The van der Waals surface area contributed by atoms with Gasteiger partial charge in [-0.3, -0.25) is 4.79 Å². The minimum Gasteiger partial charge on any atom is -0.350 e. The summed E-state index contributed by atoms with van der Waals surface area (Å²) in [5.41, 5.74) is 1.20. The number of hydrogen-bond acceptors (Lipinski definition) is 1. The van der Waals surface area contributed by atoms with Gasteiger partial charge in [-0.1, -0.05) is 114 Å². The lowest BCUT2D eigenvalue weighted by Crippen LogP contribution is -2.26. The second-order valence-electron chi connectivity index (χ2n) is 8.14. The standard InChI is InChI=1S/C26H39NO/c1-3-4-5-6-7-8-9-10-11-12-13-21-26(28)27-22(2)24-20-16-18-23-17-14-15-19-25(23)24/h14-20,22H,3-13,21H2,1-2H3,(H,27,28)/t22-/m1/s1. The molecule has 0 fully saturated rings. The van der Waals surface area contributed by atoms with Gasteiger partial charge in [0.05, 0.1) is 6.04 Å². The molecule has 2 nitrogen and oxygen atoms in total. The molecule has 0 aromatic heterocycles. The Morgan fingerprint density at radius 3 is 2.04 bits per heavy atom. The Bertz CT molecular complexity index is 688. The molecule has 28 heavy (non-hydrogen) atoms. The SMILES string of the molecule is CCCCCCCCCCCCCC(=O)N[C@H](C)c1cccc2ccccc12. The molecule has 0 unspecified atom stereocenters. The maximum atomic E-state index is 12.3. The maximum Gasteiger partial charge on any atom is 0.220 e. The van der Waals surface area contributed by atoms with Gasteiger partial charge in [0.15, 0.2) is 0 Å². The molecule has 154 valence electrons. The fraction of sp³-hybridized carbons (Fsp3) is 0.577. The molecule has 0 radical (unpaired) electrons. The van der Waals surface area contributed by atoms with E-state index in [0.29, 0.717) is 6.42 Å². The van der Waals surface area contributed by atoms with E-state index in [1.165, 1.54) is 80.5 Å². The Labute approximate surface area is 172 Å². The molecule has 0 saturated heterocycles. The lowest BCUT2D eigenvalue weighted by Gasteiger charge is -2.16. The number of nitrogens with one attached hydrogen (secondary N) is 1. The molecular formula is C26H39NO. The van der Waals surface area contributed by atoms with Gasteiger partial charge in [-0.2, -0.15) is 0 Å². The van der Waals surface area contributed by atoms with E-state index in [4.69, 9.17) is 0 Å². The molecule has 2 rings (SSSR count). The molecule has 0 heterocycles. The predicted octanol–water partition coefficient (Wildman–Crippen LogP) is 7.72. The van der Waals surface area contributed by atoms with Crippen molar-refractivity contribution in [1.29, 1.82) is 0 Å². The van der Waals surface area contributed by atoms with Crippen molar-refractivity contribution in [3.63, 3.8) is 0 Å². The van der Waals surface area contributed by atoms with Crippen LogP contribution in [0.25, 0.3) is 10.8 Å². The van der Waals surface area contributed by atoms with Gasteiger partial charge in [0, 0.05) is 6.42 Å². The van der Waals surface area contributed by atoms with Gasteiger partial charge in [-0.15, -0.1) is 0 Å². The number of carbonyl (C=O) groups is 1. The molecule has 0 aliphatic rings. The number of benzene rings is 2. The monoisotopic (exact) mass is 381 g/mol. The first kappa shape index (κ1) is 22.5. The van der Waals surface area contributed by atoms with Crippen LogP contribution in [-0.4, -0.2) is 5.91 Å². The summed E-state index contributed by atoms with van der Waals surface area (Å²) in [5, 5.41) is 5.64. The van der Waals surface area contributed by atoms with Crippen LogP contribution in [-0.2, 0) is 4.79 Å². The minimum absolute atomic E-state index is 0.0475. The molecule has 0 saturated carbocycles. The zero-order valence-corrected chi connectivity index (χ0v) is 18.0. The van der Waals surface area contributed by atoms with Crippen molar-refractivity contribution in [2.75, 3.05) is 0 Å². The van der Waals surface area contributed by atoms with Crippen molar-refractivity contribution in [3.8, 4) is 0 Å². The number of amides is 1. The van der Waals surface area contributed by atoms with Gasteiger partial charge >= 0.3 is 0 Å². The Hall–Kier alpha value is -1.83. The molecule has 2 aromatic carbocycles. The number of unbranched alkanes of at least 4 members (excludes halogenated alkanes) is 10. The van der Waals surface area contributed by atoms with Crippen LogP contribution >= 0.6 is 0 Å². The smallest absolute Gasteiger partial charge is 0.220 e. The third-order valence-electron chi connectivity index (χ3n) is 5.67. The summed E-state index contributed by atoms with van der Waals surface area (Å²) >= 11 is 0.